The molecule has 21 heavy (non-hydrogen) atoms. The maximum Gasteiger partial charge on any atom is 0.229 e. The van der Waals surface area contributed by atoms with E-state index in [1.165, 1.54) is 0 Å². The summed E-state index contributed by atoms with van der Waals surface area (Å²) in [5, 5.41) is 9.05. The van der Waals surface area contributed by atoms with Gasteiger partial charge in [-0.15, -0.1) is 0 Å². The molecule has 2 fully saturated rings. The number of hydrogen-bond acceptors (Lipinski definition) is 3. The average Bonchev–Trinajstić information content (AvgIpc) is 3.23. The highest BCUT2D eigenvalue weighted by molar-refractivity contribution is 5.95. The highest BCUT2D eigenvalue weighted by Crippen LogP contribution is 2.30. The van der Waals surface area contributed by atoms with Crippen molar-refractivity contribution >= 4 is 23.2 Å². The van der Waals surface area contributed by atoms with Crippen LogP contribution in [0.15, 0.2) is 24.3 Å². The maximum absolute atomic E-state index is 12.2. The predicted octanol–water partition coefficient (Wildman–Crippen LogP) is 1.83. The third kappa shape index (κ3) is 3.42. The van der Waals surface area contributed by atoms with E-state index in [2.05, 4.69) is 22.9 Å². The molecule has 0 aromatic heterocycles. The summed E-state index contributed by atoms with van der Waals surface area (Å²) >= 11 is 0. The zero-order valence-electron chi connectivity index (χ0n) is 12.2. The molecule has 0 bridgehead atoms. The number of nitrogens with one attached hydrogen (secondary N) is 3. The normalized spacial score (nSPS) is 24.6. The van der Waals surface area contributed by atoms with E-state index in [-0.39, 0.29) is 23.7 Å². The molecule has 0 spiro atoms. The van der Waals surface area contributed by atoms with Crippen LogP contribution < -0.4 is 16.0 Å². The number of benzene rings is 1. The molecule has 2 amide bonds. The smallest absolute Gasteiger partial charge is 0.229 e. The Kier molecular flexibility index (Phi) is 3.92. The van der Waals surface area contributed by atoms with Crippen LogP contribution in [0.1, 0.15) is 19.8 Å². The highest BCUT2D eigenvalue weighted by atomic mass is 16.2. The SMILES string of the molecule is CC1CNCC1C(=O)Nc1ccc(NC(=O)C2CC2)cc1. The summed E-state index contributed by atoms with van der Waals surface area (Å²) in [6.45, 7) is 3.72. The van der Waals surface area contributed by atoms with Crippen LogP contribution in [-0.4, -0.2) is 24.9 Å². The standard InChI is InChI=1S/C16H21N3O2/c1-10-8-17-9-14(10)16(21)19-13-6-4-12(5-7-13)18-15(20)11-2-3-11/h4-7,10-11,14,17H,2-3,8-9H2,1H3,(H,18,20)(H,19,21). The Balaban J connectivity index is 1.56. The van der Waals surface area contributed by atoms with Crippen molar-refractivity contribution in [3.63, 3.8) is 0 Å². The highest BCUT2D eigenvalue weighted by Gasteiger charge is 2.30. The molecule has 1 aromatic rings. The number of anilines is 2. The van der Waals surface area contributed by atoms with Crippen molar-refractivity contribution < 1.29 is 9.59 Å². The lowest BCUT2D eigenvalue weighted by atomic mass is 9.97. The first-order chi connectivity index (χ1) is 10.1. The average molecular weight is 287 g/mol. The fourth-order valence-corrected chi connectivity index (χ4v) is 2.62. The predicted molar refractivity (Wildman–Crippen MR) is 81.9 cm³/mol. The van der Waals surface area contributed by atoms with E-state index < -0.39 is 0 Å². The van der Waals surface area contributed by atoms with Crippen molar-refractivity contribution in [3.05, 3.63) is 24.3 Å². The molecule has 1 aromatic carbocycles. The fraction of sp³-hybridized carbons (Fsp3) is 0.500. The molecule has 112 valence electrons. The summed E-state index contributed by atoms with van der Waals surface area (Å²) in [5.74, 6) is 0.738. The van der Waals surface area contributed by atoms with E-state index in [0.717, 1.165) is 37.3 Å². The van der Waals surface area contributed by atoms with Crippen molar-refractivity contribution in [1.82, 2.24) is 5.32 Å². The van der Waals surface area contributed by atoms with Gasteiger partial charge in [0.15, 0.2) is 0 Å². The van der Waals surface area contributed by atoms with Crippen LogP contribution in [0.25, 0.3) is 0 Å². The summed E-state index contributed by atoms with van der Waals surface area (Å²) in [4.78, 5) is 23.8. The van der Waals surface area contributed by atoms with Gasteiger partial charge >= 0.3 is 0 Å². The Morgan fingerprint density at radius 1 is 1.00 bits per heavy atom. The maximum atomic E-state index is 12.2. The Morgan fingerprint density at radius 3 is 2.05 bits per heavy atom. The Hall–Kier alpha value is -1.88. The van der Waals surface area contributed by atoms with Gasteiger partial charge in [0.2, 0.25) is 11.8 Å². The third-order valence-corrected chi connectivity index (χ3v) is 4.22. The zero-order valence-corrected chi connectivity index (χ0v) is 12.2. The van der Waals surface area contributed by atoms with Crippen molar-refractivity contribution in [2.45, 2.75) is 19.8 Å². The minimum atomic E-state index is 0.0271. The second-order valence-corrected chi connectivity index (χ2v) is 6.07. The van der Waals surface area contributed by atoms with Gasteiger partial charge < -0.3 is 16.0 Å². The molecule has 3 rings (SSSR count). The van der Waals surface area contributed by atoms with E-state index in [0.29, 0.717) is 5.92 Å². The first kappa shape index (κ1) is 14.1. The van der Waals surface area contributed by atoms with Gasteiger partial charge in [0, 0.05) is 23.8 Å². The van der Waals surface area contributed by atoms with Gasteiger partial charge in [-0.2, -0.15) is 0 Å². The number of rotatable bonds is 4. The first-order valence-corrected chi connectivity index (χ1v) is 7.56. The number of amides is 2. The van der Waals surface area contributed by atoms with E-state index in [4.69, 9.17) is 0 Å². The molecule has 2 atom stereocenters. The third-order valence-electron chi connectivity index (χ3n) is 4.22. The van der Waals surface area contributed by atoms with Gasteiger partial charge in [-0.1, -0.05) is 6.92 Å². The van der Waals surface area contributed by atoms with Crippen LogP contribution >= 0.6 is 0 Å². The minimum Gasteiger partial charge on any atom is -0.326 e. The summed E-state index contributed by atoms with van der Waals surface area (Å²) in [6.07, 6.45) is 1.99. The number of carbonyl (C=O) groups is 2. The van der Waals surface area contributed by atoms with Crippen LogP contribution in [0, 0.1) is 17.8 Å². The summed E-state index contributed by atoms with van der Waals surface area (Å²) < 4.78 is 0. The van der Waals surface area contributed by atoms with Crippen molar-refractivity contribution in [1.29, 1.82) is 0 Å². The van der Waals surface area contributed by atoms with Gasteiger partial charge in [-0.25, -0.2) is 0 Å². The second-order valence-electron chi connectivity index (χ2n) is 6.07. The van der Waals surface area contributed by atoms with Gasteiger partial charge in [0.1, 0.15) is 0 Å². The van der Waals surface area contributed by atoms with E-state index >= 15 is 0 Å². The number of hydrogen-bond donors (Lipinski definition) is 3. The molecule has 1 aliphatic carbocycles. The molecule has 2 unspecified atom stereocenters. The van der Waals surface area contributed by atoms with E-state index in [9.17, 15) is 9.59 Å². The molecule has 1 saturated heterocycles. The summed E-state index contributed by atoms with van der Waals surface area (Å²) in [7, 11) is 0. The van der Waals surface area contributed by atoms with Crippen LogP contribution in [0.3, 0.4) is 0 Å². The number of carbonyl (C=O) groups excluding carboxylic acids is 2. The second kappa shape index (κ2) is 5.85. The largest absolute Gasteiger partial charge is 0.326 e. The molecule has 2 aliphatic rings. The van der Waals surface area contributed by atoms with Gasteiger partial charge in [-0.3, -0.25) is 9.59 Å². The molecular formula is C16H21N3O2. The van der Waals surface area contributed by atoms with Gasteiger partial charge in [0.25, 0.3) is 0 Å². The van der Waals surface area contributed by atoms with Crippen LogP contribution in [0.2, 0.25) is 0 Å². The first-order valence-electron chi connectivity index (χ1n) is 7.56. The Morgan fingerprint density at radius 2 is 1.57 bits per heavy atom. The minimum absolute atomic E-state index is 0.0271. The monoisotopic (exact) mass is 287 g/mol. The fourth-order valence-electron chi connectivity index (χ4n) is 2.62. The quantitative estimate of drug-likeness (QED) is 0.791. The Labute approximate surface area is 124 Å². The molecule has 3 N–H and O–H groups in total. The van der Waals surface area contributed by atoms with E-state index in [1.807, 2.05) is 24.3 Å². The molecule has 1 aliphatic heterocycles. The summed E-state index contributed by atoms with van der Waals surface area (Å²) in [5.41, 5.74) is 1.55. The van der Waals surface area contributed by atoms with E-state index in [1.54, 1.807) is 0 Å². The lowest BCUT2D eigenvalue weighted by molar-refractivity contribution is -0.120. The lowest BCUT2D eigenvalue weighted by Gasteiger charge is -2.14. The lowest BCUT2D eigenvalue weighted by Crippen LogP contribution is -2.27. The molecular weight excluding hydrogens is 266 g/mol. The topological polar surface area (TPSA) is 70.2 Å². The molecule has 0 radical (unpaired) electrons. The zero-order chi connectivity index (χ0) is 14.8. The van der Waals surface area contributed by atoms with Gasteiger partial charge in [-0.05, 0) is 49.6 Å². The Bertz CT molecular complexity index is 537. The van der Waals surface area contributed by atoms with Crippen molar-refractivity contribution in [2.75, 3.05) is 23.7 Å². The summed E-state index contributed by atoms with van der Waals surface area (Å²) in [6, 6.07) is 7.30. The van der Waals surface area contributed by atoms with Crippen molar-refractivity contribution in [3.8, 4) is 0 Å². The van der Waals surface area contributed by atoms with Gasteiger partial charge in [0.05, 0.1) is 5.92 Å². The van der Waals surface area contributed by atoms with Crippen LogP contribution in [0.5, 0.6) is 0 Å². The van der Waals surface area contributed by atoms with Crippen LogP contribution in [-0.2, 0) is 9.59 Å². The van der Waals surface area contributed by atoms with Crippen LogP contribution in [0.4, 0.5) is 11.4 Å². The molecule has 1 heterocycles. The molecule has 5 nitrogen and oxygen atoms in total. The molecule has 5 heteroatoms. The molecule has 1 saturated carbocycles. The van der Waals surface area contributed by atoms with Crippen molar-refractivity contribution in [2.24, 2.45) is 17.8 Å².